The Morgan fingerprint density at radius 1 is 1.08 bits per heavy atom. The van der Waals surface area contributed by atoms with Crippen molar-refractivity contribution in [1.82, 2.24) is 19.7 Å². The number of carbonyl (C=O) groups is 1. The predicted molar refractivity (Wildman–Crippen MR) is 103 cm³/mol. The molecule has 1 aliphatic heterocycles. The maximum Gasteiger partial charge on any atom is 0.254 e. The van der Waals surface area contributed by atoms with Crippen LogP contribution in [0.2, 0.25) is 0 Å². The van der Waals surface area contributed by atoms with Gasteiger partial charge in [0.05, 0.1) is 22.8 Å². The molecule has 0 aliphatic carbocycles. The van der Waals surface area contributed by atoms with Gasteiger partial charge in [-0.2, -0.15) is 5.10 Å². The van der Waals surface area contributed by atoms with Crippen molar-refractivity contribution in [3.63, 3.8) is 0 Å². The van der Waals surface area contributed by atoms with Crippen molar-refractivity contribution in [2.75, 3.05) is 13.1 Å². The molecule has 26 heavy (non-hydrogen) atoms. The first-order valence-corrected chi connectivity index (χ1v) is 9.38. The van der Waals surface area contributed by atoms with Crippen molar-refractivity contribution in [2.45, 2.75) is 39.2 Å². The van der Waals surface area contributed by atoms with E-state index in [-0.39, 0.29) is 11.9 Å². The van der Waals surface area contributed by atoms with Crippen LogP contribution in [0.1, 0.15) is 49.5 Å². The molecule has 134 valence electrons. The maximum absolute atomic E-state index is 13.2. The smallest absolute Gasteiger partial charge is 0.254 e. The number of hydrogen-bond donors (Lipinski definition) is 0. The highest BCUT2D eigenvalue weighted by Gasteiger charge is 2.23. The minimum atomic E-state index is 0.0950. The fraction of sp³-hybridized carbons (Fsp3) is 0.381. The van der Waals surface area contributed by atoms with Gasteiger partial charge in [0.2, 0.25) is 0 Å². The van der Waals surface area contributed by atoms with Crippen LogP contribution in [0, 0.1) is 0 Å². The van der Waals surface area contributed by atoms with E-state index in [0.717, 1.165) is 48.2 Å². The molecule has 0 N–H and O–H groups in total. The first kappa shape index (κ1) is 16.8. The van der Waals surface area contributed by atoms with Crippen LogP contribution in [-0.2, 0) is 0 Å². The van der Waals surface area contributed by atoms with Gasteiger partial charge in [-0.15, -0.1) is 0 Å². The summed E-state index contributed by atoms with van der Waals surface area (Å²) in [7, 11) is 0. The molecular formula is C21H24N4O. The average molecular weight is 348 g/mol. The molecule has 0 spiro atoms. The van der Waals surface area contributed by atoms with Crippen LogP contribution in [0.15, 0.2) is 42.6 Å². The molecule has 3 heterocycles. The van der Waals surface area contributed by atoms with Crippen molar-refractivity contribution in [3.05, 3.63) is 48.2 Å². The molecule has 0 unspecified atom stereocenters. The van der Waals surface area contributed by atoms with Crippen LogP contribution in [0.25, 0.3) is 22.3 Å². The number of nitrogens with zero attached hydrogens (tertiary/aromatic N) is 4. The summed E-state index contributed by atoms with van der Waals surface area (Å²) >= 11 is 0. The maximum atomic E-state index is 13.2. The molecule has 2 aromatic heterocycles. The third-order valence-corrected chi connectivity index (χ3v) is 5.00. The second kappa shape index (κ2) is 6.90. The fourth-order valence-corrected chi connectivity index (χ4v) is 3.60. The lowest BCUT2D eigenvalue weighted by atomic mass is 10.0. The number of aromatic nitrogens is 3. The Kier molecular flexibility index (Phi) is 4.45. The molecule has 1 aliphatic rings. The zero-order valence-electron chi connectivity index (χ0n) is 15.4. The van der Waals surface area contributed by atoms with Gasteiger partial charge in [0.1, 0.15) is 0 Å². The van der Waals surface area contributed by atoms with Gasteiger partial charge in [-0.25, -0.2) is 9.67 Å². The SMILES string of the molecule is CC(C)n1ncc2c(C(=O)N3CCCCC3)cc(-c3ccccc3)nc21. The molecule has 0 saturated carbocycles. The van der Waals surface area contributed by atoms with Crippen LogP contribution in [-0.4, -0.2) is 38.7 Å². The number of carbonyl (C=O) groups excluding carboxylic acids is 1. The van der Waals surface area contributed by atoms with Crippen LogP contribution in [0.3, 0.4) is 0 Å². The van der Waals surface area contributed by atoms with Crippen LogP contribution >= 0.6 is 0 Å². The highest BCUT2D eigenvalue weighted by molar-refractivity contribution is 6.06. The standard InChI is InChI=1S/C21H24N4O/c1-15(2)25-20-18(14-22-25)17(21(26)24-11-7-4-8-12-24)13-19(23-20)16-9-5-3-6-10-16/h3,5-6,9-10,13-15H,4,7-8,11-12H2,1-2H3. The molecular weight excluding hydrogens is 324 g/mol. The highest BCUT2D eigenvalue weighted by Crippen LogP contribution is 2.27. The van der Waals surface area contributed by atoms with E-state index in [1.165, 1.54) is 6.42 Å². The van der Waals surface area contributed by atoms with E-state index in [1.807, 2.05) is 46.0 Å². The zero-order chi connectivity index (χ0) is 18.1. The third kappa shape index (κ3) is 2.98. The number of likely N-dealkylation sites (tertiary alicyclic amines) is 1. The molecule has 1 aromatic carbocycles. The van der Waals surface area contributed by atoms with E-state index in [1.54, 1.807) is 6.20 Å². The molecule has 5 nitrogen and oxygen atoms in total. The minimum absolute atomic E-state index is 0.0950. The van der Waals surface area contributed by atoms with Crippen LogP contribution in [0.4, 0.5) is 0 Å². The summed E-state index contributed by atoms with van der Waals surface area (Å²) in [6, 6.07) is 12.1. The average Bonchev–Trinajstić information content (AvgIpc) is 3.12. The van der Waals surface area contributed by atoms with Gasteiger partial charge in [-0.05, 0) is 39.2 Å². The number of benzene rings is 1. The monoisotopic (exact) mass is 348 g/mol. The lowest BCUT2D eigenvalue weighted by Crippen LogP contribution is -2.35. The largest absolute Gasteiger partial charge is 0.339 e. The summed E-state index contributed by atoms with van der Waals surface area (Å²) < 4.78 is 1.90. The van der Waals surface area contributed by atoms with E-state index in [2.05, 4.69) is 18.9 Å². The van der Waals surface area contributed by atoms with Crippen molar-refractivity contribution in [3.8, 4) is 11.3 Å². The van der Waals surface area contributed by atoms with E-state index < -0.39 is 0 Å². The Hall–Kier alpha value is -2.69. The first-order valence-electron chi connectivity index (χ1n) is 9.38. The van der Waals surface area contributed by atoms with Crippen molar-refractivity contribution < 1.29 is 4.79 Å². The Morgan fingerprint density at radius 2 is 1.81 bits per heavy atom. The summed E-state index contributed by atoms with van der Waals surface area (Å²) in [5.74, 6) is 0.0950. The van der Waals surface area contributed by atoms with Crippen LogP contribution in [0.5, 0.6) is 0 Å². The predicted octanol–water partition coefficient (Wildman–Crippen LogP) is 4.31. The third-order valence-electron chi connectivity index (χ3n) is 5.00. The highest BCUT2D eigenvalue weighted by atomic mass is 16.2. The molecule has 1 amide bonds. The van der Waals surface area contributed by atoms with Crippen molar-refractivity contribution in [2.24, 2.45) is 0 Å². The second-order valence-electron chi connectivity index (χ2n) is 7.19. The summed E-state index contributed by atoms with van der Waals surface area (Å²) in [5, 5.41) is 5.34. The Labute approximate surface area is 153 Å². The summed E-state index contributed by atoms with van der Waals surface area (Å²) in [4.78, 5) is 20.1. The molecule has 0 atom stereocenters. The number of rotatable bonds is 3. The van der Waals surface area contributed by atoms with E-state index in [4.69, 9.17) is 4.98 Å². The fourth-order valence-electron chi connectivity index (χ4n) is 3.60. The molecule has 1 saturated heterocycles. The number of pyridine rings is 1. The minimum Gasteiger partial charge on any atom is -0.339 e. The summed E-state index contributed by atoms with van der Waals surface area (Å²) in [6.07, 6.45) is 5.15. The zero-order valence-corrected chi connectivity index (χ0v) is 15.4. The number of fused-ring (bicyclic) bond motifs is 1. The van der Waals surface area contributed by atoms with Gasteiger partial charge in [0, 0.05) is 24.7 Å². The molecule has 1 fully saturated rings. The van der Waals surface area contributed by atoms with E-state index >= 15 is 0 Å². The number of hydrogen-bond acceptors (Lipinski definition) is 3. The van der Waals surface area contributed by atoms with Crippen molar-refractivity contribution >= 4 is 16.9 Å². The normalized spacial score (nSPS) is 15.0. The molecule has 5 heteroatoms. The van der Waals surface area contributed by atoms with E-state index in [9.17, 15) is 4.79 Å². The Balaban J connectivity index is 1.88. The van der Waals surface area contributed by atoms with Gasteiger partial charge >= 0.3 is 0 Å². The number of piperidine rings is 1. The second-order valence-corrected chi connectivity index (χ2v) is 7.19. The molecule has 4 rings (SSSR count). The summed E-state index contributed by atoms with van der Waals surface area (Å²) in [5.41, 5.74) is 3.32. The Bertz CT molecular complexity index is 924. The van der Waals surface area contributed by atoms with Gasteiger partial charge in [0.15, 0.2) is 5.65 Å². The quantitative estimate of drug-likeness (QED) is 0.709. The molecule has 0 bridgehead atoms. The van der Waals surface area contributed by atoms with Gasteiger partial charge in [-0.3, -0.25) is 4.79 Å². The first-order chi connectivity index (χ1) is 12.6. The summed E-state index contributed by atoms with van der Waals surface area (Å²) in [6.45, 7) is 5.83. The van der Waals surface area contributed by atoms with E-state index in [0.29, 0.717) is 5.56 Å². The topological polar surface area (TPSA) is 51.0 Å². The van der Waals surface area contributed by atoms with Crippen LogP contribution < -0.4 is 0 Å². The molecule has 0 radical (unpaired) electrons. The van der Waals surface area contributed by atoms with Gasteiger partial charge < -0.3 is 4.90 Å². The molecule has 3 aromatic rings. The Morgan fingerprint density at radius 3 is 2.50 bits per heavy atom. The lowest BCUT2D eigenvalue weighted by Gasteiger charge is -2.27. The van der Waals surface area contributed by atoms with Gasteiger partial charge in [-0.1, -0.05) is 30.3 Å². The van der Waals surface area contributed by atoms with Gasteiger partial charge in [0.25, 0.3) is 5.91 Å². The lowest BCUT2D eigenvalue weighted by molar-refractivity contribution is 0.0726. The number of amides is 1. The van der Waals surface area contributed by atoms with Crippen molar-refractivity contribution in [1.29, 1.82) is 0 Å².